The van der Waals surface area contributed by atoms with Gasteiger partial charge in [0.25, 0.3) is 0 Å². The van der Waals surface area contributed by atoms with Crippen molar-refractivity contribution in [2.24, 2.45) is 11.8 Å². The van der Waals surface area contributed by atoms with Crippen LogP contribution in [0.3, 0.4) is 0 Å². The predicted octanol–water partition coefficient (Wildman–Crippen LogP) is 1.37. The maximum atomic E-state index is 11.9. The number of carboxylic acid groups (broad SMARTS) is 1. The Bertz CT molecular complexity index is 430. The first-order chi connectivity index (χ1) is 8.09. The number of carbonyl (C=O) groups excluding carboxylic acids is 1. The second-order valence-electron chi connectivity index (χ2n) is 4.47. The summed E-state index contributed by atoms with van der Waals surface area (Å²) in [7, 11) is 1.71. The molecule has 2 atom stereocenters. The molecular weight excluding hydrogens is 218 g/mol. The number of benzene rings is 1. The molecule has 0 heterocycles. The summed E-state index contributed by atoms with van der Waals surface area (Å²) in [5, 5.41) is 8.77. The van der Waals surface area contributed by atoms with Crippen LogP contribution in [0.1, 0.15) is 12.0 Å². The zero-order valence-corrected chi connectivity index (χ0v) is 9.67. The van der Waals surface area contributed by atoms with Crippen LogP contribution in [-0.4, -0.2) is 28.9 Å². The van der Waals surface area contributed by atoms with E-state index in [0.717, 1.165) is 5.56 Å². The molecule has 4 nitrogen and oxygen atoms in total. The molecule has 1 amide bonds. The molecule has 1 aliphatic rings. The molecule has 0 bridgehead atoms. The summed E-state index contributed by atoms with van der Waals surface area (Å²) in [6.07, 6.45) is 0.479. The Labute approximate surface area is 99.9 Å². The number of carboxylic acids is 1. The van der Waals surface area contributed by atoms with Crippen molar-refractivity contribution < 1.29 is 14.7 Å². The van der Waals surface area contributed by atoms with E-state index in [9.17, 15) is 9.59 Å². The van der Waals surface area contributed by atoms with Crippen molar-refractivity contribution in [2.45, 2.75) is 13.0 Å². The fraction of sp³-hybridized carbons (Fsp3) is 0.385. The summed E-state index contributed by atoms with van der Waals surface area (Å²) in [4.78, 5) is 24.2. The number of nitrogens with zero attached hydrogens (tertiary/aromatic N) is 1. The number of aliphatic carboxylic acids is 1. The minimum atomic E-state index is -0.864. The van der Waals surface area contributed by atoms with Crippen LogP contribution in [0, 0.1) is 11.8 Å². The van der Waals surface area contributed by atoms with Gasteiger partial charge in [-0.2, -0.15) is 0 Å². The smallest absolute Gasteiger partial charge is 0.307 e. The van der Waals surface area contributed by atoms with Crippen molar-refractivity contribution in [1.82, 2.24) is 4.90 Å². The topological polar surface area (TPSA) is 57.6 Å². The molecule has 1 aliphatic carbocycles. The fourth-order valence-electron chi connectivity index (χ4n) is 1.96. The first kappa shape index (κ1) is 11.6. The van der Waals surface area contributed by atoms with Gasteiger partial charge in [-0.05, 0) is 12.0 Å². The van der Waals surface area contributed by atoms with Gasteiger partial charge in [-0.3, -0.25) is 9.59 Å². The zero-order valence-electron chi connectivity index (χ0n) is 9.67. The van der Waals surface area contributed by atoms with Crippen LogP contribution in [0.25, 0.3) is 0 Å². The van der Waals surface area contributed by atoms with Gasteiger partial charge in [-0.25, -0.2) is 0 Å². The summed E-state index contributed by atoms with van der Waals surface area (Å²) < 4.78 is 0. The van der Waals surface area contributed by atoms with E-state index in [1.807, 2.05) is 30.3 Å². The van der Waals surface area contributed by atoms with Crippen LogP contribution < -0.4 is 0 Å². The molecule has 0 aromatic heterocycles. The highest BCUT2D eigenvalue weighted by molar-refractivity contribution is 5.89. The van der Waals surface area contributed by atoms with Crippen molar-refractivity contribution in [2.75, 3.05) is 7.05 Å². The van der Waals surface area contributed by atoms with E-state index in [2.05, 4.69) is 0 Å². The molecule has 2 rings (SSSR count). The average molecular weight is 233 g/mol. The van der Waals surface area contributed by atoms with E-state index in [-0.39, 0.29) is 11.8 Å². The van der Waals surface area contributed by atoms with Gasteiger partial charge < -0.3 is 10.0 Å². The number of hydrogen-bond acceptors (Lipinski definition) is 2. The zero-order chi connectivity index (χ0) is 12.4. The van der Waals surface area contributed by atoms with Crippen molar-refractivity contribution in [3.05, 3.63) is 35.9 Å². The lowest BCUT2D eigenvalue weighted by molar-refractivity contribution is -0.141. The van der Waals surface area contributed by atoms with E-state index in [4.69, 9.17) is 5.11 Å². The van der Waals surface area contributed by atoms with Crippen LogP contribution in [0.2, 0.25) is 0 Å². The quantitative estimate of drug-likeness (QED) is 0.854. The summed E-state index contributed by atoms with van der Waals surface area (Å²) in [6.45, 7) is 0.530. The maximum absolute atomic E-state index is 11.9. The molecule has 4 heteroatoms. The Kier molecular flexibility index (Phi) is 3.13. The third-order valence-electron chi connectivity index (χ3n) is 3.06. The van der Waals surface area contributed by atoms with Gasteiger partial charge in [0.2, 0.25) is 5.91 Å². The van der Waals surface area contributed by atoms with Crippen LogP contribution in [0.5, 0.6) is 0 Å². The van der Waals surface area contributed by atoms with E-state index in [0.29, 0.717) is 13.0 Å². The Morgan fingerprint density at radius 1 is 1.29 bits per heavy atom. The highest BCUT2D eigenvalue weighted by atomic mass is 16.4. The molecule has 0 spiro atoms. The first-order valence-electron chi connectivity index (χ1n) is 5.61. The number of rotatable bonds is 4. The van der Waals surface area contributed by atoms with Gasteiger partial charge in [0.1, 0.15) is 0 Å². The van der Waals surface area contributed by atoms with Crippen molar-refractivity contribution >= 4 is 11.9 Å². The Morgan fingerprint density at radius 2 is 1.94 bits per heavy atom. The largest absolute Gasteiger partial charge is 0.481 e. The first-order valence-corrected chi connectivity index (χ1v) is 5.61. The molecule has 90 valence electrons. The molecule has 0 radical (unpaired) electrons. The molecule has 0 saturated heterocycles. The lowest BCUT2D eigenvalue weighted by Crippen LogP contribution is -2.28. The monoisotopic (exact) mass is 233 g/mol. The second kappa shape index (κ2) is 4.57. The standard InChI is InChI=1S/C13H15NO3/c1-14(8-9-5-3-2-4-6-9)12(15)10-7-11(10)13(16)17/h2-6,10-11H,7-8H2,1H3,(H,16,17). The Balaban J connectivity index is 1.91. The maximum Gasteiger partial charge on any atom is 0.307 e. The minimum Gasteiger partial charge on any atom is -0.481 e. The molecular formula is C13H15NO3. The Morgan fingerprint density at radius 3 is 2.47 bits per heavy atom. The SMILES string of the molecule is CN(Cc1ccccc1)C(=O)C1CC1C(=O)O. The lowest BCUT2D eigenvalue weighted by Gasteiger charge is -2.17. The van der Waals surface area contributed by atoms with E-state index >= 15 is 0 Å². The van der Waals surface area contributed by atoms with Crippen molar-refractivity contribution in [3.8, 4) is 0 Å². The van der Waals surface area contributed by atoms with Gasteiger partial charge >= 0.3 is 5.97 Å². The normalized spacial score (nSPS) is 21.9. The summed E-state index contributed by atoms with van der Waals surface area (Å²) in [6, 6.07) is 9.67. The third-order valence-corrected chi connectivity index (χ3v) is 3.06. The van der Waals surface area contributed by atoms with E-state index in [1.165, 1.54) is 0 Å². The van der Waals surface area contributed by atoms with Gasteiger partial charge in [-0.15, -0.1) is 0 Å². The highest BCUT2D eigenvalue weighted by Gasteiger charge is 2.49. The highest BCUT2D eigenvalue weighted by Crippen LogP contribution is 2.40. The summed E-state index contributed by atoms with van der Waals surface area (Å²) in [5.74, 6) is -1.72. The van der Waals surface area contributed by atoms with Gasteiger partial charge in [0, 0.05) is 13.6 Å². The summed E-state index contributed by atoms with van der Waals surface area (Å²) in [5.41, 5.74) is 1.05. The molecule has 1 fully saturated rings. The molecule has 17 heavy (non-hydrogen) atoms. The van der Waals surface area contributed by atoms with Crippen LogP contribution in [-0.2, 0) is 16.1 Å². The van der Waals surface area contributed by atoms with Gasteiger partial charge in [-0.1, -0.05) is 30.3 Å². The number of carbonyl (C=O) groups is 2. The van der Waals surface area contributed by atoms with Crippen molar-refractivity contribution in [1.29, 1.82) is 0 Å². The molecule has 1 aromatic carbocycles. The Hall–Kier alpha value is -1.84. The number of hydrogen-bond donors (Lipinski definition) is 1. The van der Waals surface area contributed by atoms with E-state index < -0.39 is 11.9 Å². The van der Waals surface area contributed by atoms with Crippen LogP contribution in [0.15, 0.2) is 30.3 Å². The molecule has 1 N–H and O–H groups in total. The molecule has 2 unspecified atom stereocenters. The van der Waals surface area contributed by atoms with Crippen LogP contribution in [0.4, 0.5) is 0 Å². The molecule has 1 aromatic rings. The molecule has 0 aliphatic heterocycles. The predicted molar refractivity (Wildman–Crippen MR) is 62.1 cm³/mol. The lowest BCUT2D eigenvalue weighted by atomic mass is 10.2. The summed E-state index contributed by atoms with van der Waals surface area (Å²) >= 11 is 0. The fourth-order valence-corrected chi connectivity index (χ4v) is 1.96. The second-order valence-corrected chi connectivity index (χ2v) is 4.47. The van der Waals surface area contributed by atoms with E-state index in [1.54, 1.807) is 11.9 Å². The van der Waals surface area contributed by atoms with Crippen molar-refractivity contribution in [3.63, 3.8) is 0 Å². The minimum absolute atomic E-state index is 0.0683. The number of amides is 1. The third kappa shape index (κ3) is 2.64. The molecule has 1 saturated carbocycles. The van der Waals surface area contributed by atoms with Gasteiger partial charge in [0.05, 0.1) is 11.8 Å². The van der Waals surface area contributed by atoms with Crippen LogP contribution >= 0.6 is 0 Å². The average Bonchev–Trinajstić information content (AvgIpc) is 3.09. The van der Waals surface area contributed by atoms with Gasteiger partial charge in [0.15, 0.2) is 0 Å².